The molecule has 51 heavy (non-hydrogen) atoms. The molecule has 8 aliphatic carbocycles. The fraction of sp³-hybridized carbons (Fsp3) is 0.265. The topological polar surface area (TPSA) is 12.5 Å². The Morgan fingerprint density at radius 2 is 1.45 bits per heavy atom. The monoisotopic (exact) mass is 647 g/mol. The molecule has 0 bridgehead atoms. The fourth-order valence-electron chi connectivity index (χ4n) is 16.6. The minimum absolute atomic E-state index is 0.0888. The number of methoxy groups -OCH3 is 1. The van der Waals surface area contributed by atoms with Gasteiger partial charge >= 0.3 is 0 Å². The molecule has 1 spiro atoms. The summed E-state index contributed by atoms with van der Waals surface area (Å²) in [5.41, 5.74) is 13.7. The number of hydrogen-bond donors (Lipinski definition) is 0. The average molecular weight is 648 g/mol. The molecular weight excluding hydrogens is 619 g/mol. The highest BCUT2D eigenvalue weighted by atomic mass is 16.5. The number of fused-ring (bicyclic) bond motifs is 1. The minimum Gasteiger partial charge on any atom is -0.497 e. The smallest absolute Gasteiger partial charge is 0.118 e. The molecule has 9 aliphatic rings. The molecule has 0 aromatic heterocycles. The predicted octanol–water partition coefficient (Wildman–Crippen LogP) is 6.30. The van der Waals surface area contributed by atoms with Crippen molar-refractivity contribution in [2.24, 2.45) is 17.3 Å². The first kappa shape index (κ1) is 23.5. The van der Waals surface area contributed by atoms with E-state index in [-0.39, 0.29) is 5.41 Å². The van der Waals surface area contributed by atoms with E-state index in [0.29, 0.717) is 29.7 Å². The lowest BCUT2D eigenvalue weighted by molar-refractivity contribution is 0.217. The van der Waals surface area contributed by atoms with E-state index >= 15 is 0 Å². The lowest BCUT2D eigenvalue weighted by Crippen LogP contribution is -2.47. The van der Waals surface area contributed by atoms with Crippen molar-refractivity contribution < 1.29 is 4.74 Å². The highest BCUT2D eigenvalue weighted by Crippen LogP contribution is 2.74. The fourth-order valence-corrected chi connectivity index (χ4v) is 16.6. The van der Waals surface area contributed by atoms with E-state index in [0.717, 1.165) is 18.7 Å². The first-order valence-corrected chi connectivity index (χ1v) is 19.6. The molecule has 9 aromatic rings. The number of rotatable bonds is 2. The van der Waals surface area contributed by atoms with Gasteiger partial charge in [0.05, 0.1) is 7.11 Å². The van der Waals surface area contributed by atoms with Crippen LogP contribution in [-0.4, -0.2) is 25.6 Å². The van der Waals surface area contributed by atoms with Gasteiger partial charge in [-0.3, -0.25) is 4.90 Å². The summed E-state index contributed by atoms with van der Waals surface area (Å²) in [5.74, 6) is 3.05. The molecule has 6 unspecified atom stereocenters. The lowest BCUT2D eigenvalue weighted by atomic mass is 9.59. The average Bonchev–Trinajstić information content (AvgIpc) is 3.98. The van der Waals surface area contributed by atoms with Crippen molar-refractivity contribution in [1.82, 2.24) is 4.90 Å². The Labute approximate surface area is 290 Å². The number of benzene rings is 6. The second-order valence-corrected chi connectivity index (χ2v) is 18.5. The number of likely N-dealkylation sites (tertiary alicyclic amines) is 1. The summed E-state index contributed by atoms with van der Waals surface area (Å²) in [6.45, 7) is 1.15. The Hall–Kier alpha value is -4.92. The molecule has 0 N–H and O–H groups in total. The largest absolute Gasteiger partial charge is 0.497 e. The van der Waals surface area contributed by atoms with Crippen molar-refractivity contribution in [2.45, 2.75) is 43.6 Å². The van der Waals surface area contributed by atoms with E-state index in [1.807, 2.05) is 11.1 Å². The van der Waals surface area contributed by atoms with Gasteiger partial charge in [0, 0.05) is 35.8 Å². The van der Waals surface area contributed by atoms with Crippen LogP contribution in [0, 0.1) is 17.3 Å². The summed E-state index contributed by atoms with van der Waals surface area (Å²) in [4.78, 5) is 2.79. The standard InChI is InChI=1S/C49H29NO/c1-50-15-26-25-13-22-11-19-9-20-8-17-7-18-10-21-12-23-14-49(26,48(50)16-3-5-24(51-2)6-4-16)47-33(23)38-32(21)37-28(18)27(17)35-31(20)36-29(19)30(22)39-34(25)46(47)45-43(38)41(37)40(35)42(36)44(39)45/h3-6,8-10,12,17,23,26,33,48H,7,11,13-15H2,1-2H3. The van der Waals surface area contributed by atoms with Gasteiger partial charge in [0.15, 0.2) is 0 Å². The van der Waals surface area contributed by atoms with Crippen molar-refractivity contribution in [3.8, 4) is 5.75 Å². The van der Waals surface area contributed by atoms with Crippen LogP contribution in [-0.2, 0) is 12.8 Å². The van der Waals surface area contributed by atoms with Crippen LogP contribution in [0.2, 0.25) is 0 Å². The van der Waals surface area contributed by atoms with Crippen LogP contribution in [0.4, 0.5) is 0 Å². The molecule has 1 saturated carbocycles. The lowest BCUT2D eigenvalue weighted by Gasteiger charge is -2.44. The number of ether oxygens (including phenoxy) is 1. The van der Waals surface area contributed by atoms with Gasteiger partial charge in [0.2, 0.25) is 0 Å². The maximum atomic E-state index is 5.70. The Balaban J connectivity index is 1.21. The van der Waals surface area contributed by atoms with Crippen LogP contribution in [0.3, 0.4) is 0 Å². The Bertz CT molecular complexity index is 3750. The van der Waals surface area contributed by atoms with Crippen LogP contribution < -0.4 is 30.8 Å². The predicted molar refractivity (Wildman–Crippen MR) is 207 cm³/mol. The molecule has 0 amide bonds. The minimum atomic E-state index is 0.0888. The SMILES string of the molecule is COc1ccc(C2N(C)CC3C4=c5c6c7c8c9c%10c(cc%11c%12c%13c%14c%15c(cc%16c%17c(c5c7c(c%17%15)c%14c8c%12%10)=C(C4)C%16)=CC%13C%11)=CC4CC32C=6C94)cc1. The highest BCUT2D eigenvalue weighted by Gasteiger charge is 2.66. The van der Waals surface area contributed by atoms with E-state index < -0.39 is 0 Å². The van der Waals surface area contributed by atoms with Gasteiger partial charge in [-0.2, -0.15) is 0 Å². The van der Waals surface area contributed by atoms with Crippen molar-refractivity contribution >= 4 is 104 Å². The second-order valence-electron chi connectivity index (χ2n) is 18.5. The third-order valence-corrected chi connectivity index (χ3v) is 17.3. The molecule has 1 heterocycles. The molecule has 9 aromatic carbocycles. The van der Waals surface area contributed by atoms with Gasteiger partial charge in [-0.1, -0.05) is 47.6 Å². The molecule has 2 nitrogen and oxygen atoms in total. The Morgan fingerprint density at radius 3 is 2.33 bits per heavy atom. The molecule has 2 fully saturated rings. The quantitative estimate of drug-likeness (QED) is 0.205. The second kappa shape index (κ2) is 6.39. The number of nitrogens with zero attached hydrogens (tertiary/aromatic N) is 1. The van der Waals surface area contributed by atoms with Crippen molar-refractivity contribution in [3.05, 3.63) is 90.3 Å². The van der Waals surface area contributed by atoms with Crippen molar-refractivity contribution in [2.75, 3.05) is 20.7 Å². The van der Waals surface area contributed by atoms with Crippen molar-refractivity contribution in [1.29, 1.82) is 0 Å². The van der Waals surface area contributed by atoms with Gasteiger partial charge in [0.25, 0.3) is 0 Å². The maximum Gasteiger partial charge on any atom is 0.118 e. The molecular formula is C49H29NO. The third-order valence-electron chi connectivity index (χ3n) is 17.3. The Kier molecular flexibility index (Phi) is 2.95. The first-order chi connectivity index (χ1) is 25.2. The molecule has 236 valence electrons. The maximum absolute atomic E-state index is 5.70. The highest BCUT2D eigenvalue weighted by molar-refractivity contribution is 6.54. The van der Waals surface area contributed by atoms with Gasteiger partial charge in [-0.15, -0.1) is 0 Å². The van der Waals surface area contributed by atoms with Gasteiger partial charge < -0.3 is 4.74 Å². The third kappa shape index (κ3) is 1.83. The van der Waals surface area contributed by atoms with E-state index in [1.54, 1.807) is 136 Å². The molecule has 0 radical (unpaired) electrons. The molecule has 1 saturated heterocycles. The van der Waals surface area contributed by atoms with E-state index in [9.17, 15) is 0 Å². The van der Waals surface area contributed by atoms with Crippen molar-refractivity contribution in [3.63, 3.8) is 0 Å². The molecule has 18 rings (SSSR count). The molecule has 2 heteroatoms. The van der Waals surface area contributed by atoms with E-state index in [2.05, 4.69) is 60.5 Å². The van der Waals surface area contributed by atoms with E-state index in [4.69, 9.17) is 4.74 Å². The Morgan fingerprint density at radius 1 is 0.686 bits per heavy atom. The van der Waals surface area contributed by atoms with Gasteiger partial charge in [0.1, 0.15) is 5.75 Å². The zero-order valence-electron chi connectivity index (χ0n) is 28.4. The van der Waals surface area contributed by atoms with Crippen LogP contribution in [0.5, 0.6) is 5.75 Å². The summed E-state index contributed by atoms with van der Waals surface area (Å²) >= 11 is 0. The van der Waals surface area contributed by atoms with Gasteiger partial charge in [-0.05, 0) is 186 Å². The first-order valence-electron chi connectivity index (χ1n) is 19.6. The van der Waals surface area contributed by atoms with Crippen LogP contribution in [0.25, 0.3) is 104 Å². The summed E-state index contributed by atoms with van der Waals surface area (Å²) < 4.78 is 5.70. The summed E-state index contributed by atoms with van der Waals surface area (Å²) in [6, 6.07) is 15.0. The summed E-state index contributed by atoms with van der Waals surface area (Å²) in [6.07, 6.45) is 10.3. The van der Waals surface area contributed by atoms with Crippen LogP contribution in [0.1, 0.15) is 58.5 Å². The summed E-state index contributed by atoms with van der Waals surface area (Å²) in [5, 5.41) is 31.7. The zero-order chi connectivity index (χ0) is 32.0. The normalized spacial score (nSPS) is 30.5. The zero-order valence-corrected chi connectivity index (χ0v) is 28.4. The molecule has 6 atom stereocenters. The molecule has 1 aliphatic heterocycles. The van der Waals surface area contributed by atoms with E-state index in [1.165, 1.54) is 24.8 Å². The van der Waals surface area contributed by atoms with Crippen LogP contribution in [0.15, 0.2) is 36.4 Å². The summed E-state index contributed by atoms with van der Waals surface area (Å²) in [7, 11) is 4.25. The van der Waals surface area contributed by atoms with Gasteiger partial charge in [-0.25, -0.2) is 0 Å². The van der Waals surface area contributed by atoms with Crippen LogP contribution >= 0.6 is 0 Å². The number of hydrogen-bond acceptors (Lipinski definition) is 2.